The topological polar surface area (TPSA) is 72.6 Å². The first-order chi connectivity index (χ1) is 9.58. The van der Waals surface area contributed by atoms with Gasteiger partial charge in [-0.15, -0.1) is 11.3 Å². The number of esters is 1. The second-order valence-electron chi connectivity index (χ2n) is 3.70. The van der Waals surface area contributed by atoms with Gasteiger partial charge in [0.15, 0.2) is 0 Å². The van der Waals surface area contributed by atoms with Crippen molar-refractivity contribution in [2.45, 2.75) is 0 Å². The summed E-state index contributed by atoms with van der Waals surface area (Å²) in [6.45, 7) is 3.82. The van der Waals surface area contributed by atoms with E-state index in [0.717, 1.165) is 16.6 Å². The van der Waals surface area contributed by atoms with Gasteiger partial charge in [-0.2, -0.15) is 0 Å². The smallest absolute Gasteiger partial charge is 0.344 e. The Hall–Kier alpha value is -1.99. The summed E-state index contributed by atoms with van der Waals surface area (Å²) < 4.78 is 4.60. The van der Waals surface area contributed by atoms with Gasteiger partial charge in [0.2, 0.25) is 0 Å². The Kier molecular flexibility index (Phi) is 4.31. The van der Waals surface area contributed by atoms with Crippen LogP contribution in [-0.4, -0.2) is 23.9 Å². The molecule has 1 aromatic rings. The van der Waals surface area contributed by atoms with E-state index in [-0.39, 0.29) is 10.8 Å². The molecule has 104 valence electrons. The van der Waals surface area contributed by atoms with Crippen molar-refractivity contribution in [3.05, 3.63) is 51.2 Å². The molecule has 0 aliphatic carbocycles. The third kappa shape index (κ3) is 2.63. The van der Waals surface area contributed by atoms with E-state index in [1.165, 1.54) is 35.6 Å². The van der Waals surface area contributed by atoms with Gasteiger partial charge in [0, 0.05) is 12.3 Å². The average Bonchev–Trinajstić information content (AvgIpc) is 2.95. The van der Waals surface area contributed by atoms with Gasteiger partial charge in [0.25, 0.3) is 5.91 Å². The van der Waals surface area contributed by atoms with Crippen molar-refractivity contribution >= 4 is 40.7 Å². The summed E-state index contributed by atoms with van der Waals surface area (Å²) in [7, 11) is 1.26. The van der Waals surface area contributed by atoms with Crippen molar-refractivity contribution in [2.75, 3.05) is 7.11 Å². The SMILES string of the molecule is C=C1SC(C(=O)OC)=CC(=O)N1/C(=C\N)c1cccs1. The van der Waals surface area contributed by atoms with Crippen LogP contribution in [-0.2, 0) is 14.3 Å². The zero-order chi connectivity index (χ0) is 14.7. The van der Waals surface area contributed by atoms with Gasteiger partial charge in [-0.3, -0.25) is 9.69 Å². The molecular weight excluding hydrogens is 296 g/mol. The summed E-state index contributed by atoms with van der Waals surface area (Å²) in [4.78, 5) is 26.1. The molecule has 0 fully saturated rings. The molecule has 5 nitrogen and oxygen atoms in total. The number of hydrogen-bond donors (Lipinski definition) is 1. The molecule has 7 heteroatoms. The largest absolute Gasteiger partial charge is 0.465 e. The zero-order valence-electron chi connectivity index (χ0n) is 10.7. The van der Waals surface area contributed by atoms with Gasteiger partial charge in [-0.1, -0.05) is 24.4 Å². The van der Waals surface area contributed by atoms with Gasteiger partial charge in [0.1, 0.15) is 4.91 Å². The van der Waals surface area contributed by atoms with E-state index >= 15 is 0 Å². The fourth-order valence-electron chi connectivity index (χ4n) is 1.65. The monoisotopic (exact) mass is 308 g/mol. The van der Waals surface area contributed by atoms with Crippen LogP contribution < -0.4 is 5.73 Å². The molecule has 1 aromatic heterocycles. The fourth-order valence-corrected chi connectivity index (χ4v) is 3.25. The molecule has 0 spiro atoms. The van der Waals surface area contributed by atoms with E-state index in [0.29, 0.717) is 10.7 Å². The molecule has 2 rings (SSSR count). The summed E-state index contributed by atoms with van der Waals surface area (Å²) in [5.74, 6) is -0.933. The van der Waals surface area contributed by atoms with Crippen molar-refractivity contribution in [3.8, 4) is 0 Å². The summed E-state index contributed by atoms with van der Waals surface area (Å²) in [6, 6.07) is 3.72. The predicted octanol–water partition coefficient (Wildman–Crippen LogP) is 2.11. The Morgan fingerprint density at radius 1 is 1.55 bits per heavy atom. The second kappa shape index (κ2) is 5.98. The molecule has 0 radical (unpaired) electrons. The first kappa shape index (κ1) is 14.4. The predicted molar refractivity (Wildman–Crippen MR) is 80.2 cm³/mol. The van der Waals surface area contributed by atoms with Crippen molar-refractivity contribution in [2.24, 2.45) is 5.73 Å². The highest BCUT2D eigenvalue weighted by atomic mass is 32.2. The normalized spacial score (nSPS) is 16.1. The molecule has 1 aliphatic heterocycles. The van der Waals surface area contributed by atoms with Gasteiger partial charge in [-0.05, 0) is 11.4 Å². The molecule has 0 bridgehead atoms. The third-order valence-electron chi connectivity index (χ3n) is 2.51. The Morgan fingerprint density at radius 3 is 2.80 bits per heavy atom. The first-order valence-electron chi connectivity index (χ1n) is 5.55. The molecule has 0 aromatic carbocycles. The first-order valence-corrected chi connectivity index (χ1v) is 7.24. The van der Waals surface area contributed by atoms with Crippen LogP contribution in [0.5, 0.6) is 0 Å². The molecule has 0 unspecified atom stereocenters. The van der Waals surface area contributed by atoms with Crippen molar-refractivity contribution in [3.63, 3.8) is 0 Å². The van der Waals surface area contributed by atoms with E-state index in [1.54, 1.807) is 0 Å². The van der Waals surface area contributed by atoms with E-state index < -0.39 is 5.97 Å². The molecule has 2 N–H and O–H groups in total. The maximum absolute atomic E-state index is 12.2. The zero-order valence-corrected chi connectivity index (χ0v) is 12.3. The number of carbonyl (C=O) groups excluding carboxylic acids is 2. The third-order valence-corrected chi connectivity index (χ3v) is 4.33. The number of nitrogens with two attached hydrogens (primary N) is 1. The lowest BCUT2D eigenvalue weighted by molar-refractivity contribution is -0.135. The lowest BCUT2D eigenvalue weighted by Gasteiger charge is -2.28. The number of thioether (sulfide) groups is 1. The highest BCUT2D eigenvalue weighted by Gasteiger charge is 2.30. The van der Waals surface area contributed by atoms with Crippen LogP contribution in [0.3, 0.4) is 0 Å². The Morgan fingerprint density at radius 2 is 2.30 bits per heavy atom. The molecule has 1 aliphatic rings. The number of methoxy groups -OCH3 is 1. The molecule has 0 atom stereocenters. The number of thiophene rings is 1. The van der Waals surface area contributed by atoms with Gasteiger partial charge in [0.05, 0.1) is 22.7 Å². The molecular formula is C13H12N2O3S2. The van der Waals surface area contributed by atoms with Gasteiger partial charge in [-0.25, -0.2) is 4.79 Å². The Balaban J connectivity index is 2.35. The fraction of sp³-hybridized carbons (Fsp3) is 0.0769. The average molecular weight is 308 g/mol. The number of hydrogen-bond acceptors (Lipinski definition) is 6. The summed E-state index contributed by atoms with van der Waals surface area (Å²) in [5, 5.41) is 2.29. The highest BCUT2D eigenvalue weighted by Crippen LogP contribution is 2.38. The maximum Gasteiger partial charge on any atom is 0.344 e. The molecule has 0 saturated carbocycles. The summed E-state index contributed by atoms with van der Waals surface area (Å²) in [5.41, 5.74) is 6.17. The quantitative estimate of drug-likeness (QED) is 0.866. The van der Waals surface area contributed by atoms with Gasteiger partial charge >= 0.3 is 5.97 Å². The molecule has 0 saturated heterocycles. The van der Waals surface area contributed by atoms with Crippen LogP contribution in [0, 0.1) is 0 Å². The lowest BCUT2D eigenvalue weighted by atomic mass is 10.3. The van der Waals surface area contributed by atoms with E-state index in [9.17, 15) is 9.59 Å². The van der Waals surface area contributed by atoms with Crippen LogP contribution in [0.15, 0.2) is 46.3 Å². The standard InChI is InChI=1S/C13H12N2O3S2/c1-8-15(9(7-14)10-4-3-5-19-10)12(16)6-11(20-8)13(17)18-2/h3-7H,1,14H2,2H3/b9-7-. The minimum Gasteiger partial charge on any atom is -0.465 e. The van der Waals surface area contributed by atoms with Crippen molar-refractivity contribution < 1.29 is 14.3 Å². The van der Waals surface area contributed by atoms with Crippen LogP contribution in [0.1, 0.15) is 4.88 Å². The molecule has 2 heterocycles. The number of nitrogens with zero attached hydrogens (tertiary/aromatic N) is 1. The maximum atomic E-state index is 12.2. The summed E-state index contributed by atoms with van der Waals surface area (Å²) in [6.07, 6.45) is 2.58. The van der Waals surface area contributed by atoms with Crippen LogP contribution in [0.25, 0.3) is 5.70 Å². The van der Waals surface area contributed by atoms with Crippen LogP contribution in [0.4, 0.5) is 0 Å². The van der Waals surface area contributed by atoms with Crippen LogP contribution in [0.2, 0.25) is 0 Å². The minimum atomic E-state index is -0.557. The minimum absolute atomic E-state index is 0.210. The number of rotatable bonds is 3. The van der Waals surface area contributed by atoms with E-state index in [2.05, 4.69) is 11.3 Å². The van der Waals surface area contributed by atoms with E-state index in [1.807, 2.05) is 17.5 Å². The number of amides is 1. The molecule has 1 amide bonds. The van der Waals surface area contributed by atoms with Crippen LogP contribution >= 0.6 is 23.1 Å². The highest BCUT2D eigenvalue weighted by molar-refractivity contribution is 8.07. The van der Waals surface area contributed by atoms with Crippen molar-refractivity contribution in [1.29, 1.82) is 0 Å². The number of carbonyl (C=O) groups is 2. The lowest BCUT2D eigenvalue weighted by Crippen LogP contribution is -2.30. The number of ether oxygens (including phenoxy) is 1. The molecule has 20 heavy (non-hydrogen) atoms. The van der Waals surface area contributed by atoms with Gasteiger partial charge < -0.3 is 10.5 Å². The Labute approximate surface area is 124 Å². The van der Waals surface area contributed by atoms with Crippen molar-refractivity contribution in [1.82, 2.24) is 4.90 Å². The Bertz CT molecular complexity index is 618. The second-order valence-corrected chi connectivity index (χ2v) is 5.76. The summed E-state index contributed by atoms with van der Waals surface area (Å²) >= 11 is 2.54. The van der Waals surface area contributed by atoms with E-state index in [4.69, 9.17) is 5.73 Å².